The van der Waals surface area contributed by atoms with E-state index in [1.54, 1.807) is 24.3 Å². The second-order valence-electron chi connectivity index (χ2n) is 5.73. The Morgan fingerprint density at radius 1 is 1.04 bits per heavy atom. The average molecular weight is 396 g/mol. The van der Waals surface area contributed by atoms with Crippen LogP contribution in [0.3, 0.4) is 0 Å². The van der Waals surface area contributed by atoms with E-state index >= 15 is 0 Å². The highest BCUT2D eigenvalue weighted by atomic mass is 32.2. The Kier molecular flexibility index (Phi) is 6.75. The first-order chi connectivity index (χ1) is 13.7. The van der Waals surface area contributed by atoms with Crippen molar-refractivity contribution in [1.82, 2.24) is 0 Å². The number of para-hydroxylation sites is 2. The molecule has 0 fully saturated rings. The molecule has 2 aromatic carbocycles. The van der Waals surface area contributed by atoms with Crippen molar-refractivity contribution in [3.8, 4) is 5.75 Å². The molecule has 3 aromatic rings. The van der Waals surface area contributed by atoms with Crippen LogP contribution in [-0.2, 0) is 4.79 Å². The van der Waals surface area contributed by atoms with E-state index in [0.29, 0.717) is 23.7 Å². The molecular weight excluding hydrogens is 376 g/mol. The summed E-state index contributed by atoms with van der Waals surface area (Å²) in [5.41, 5.74) is 1.28. The van der Waals surface area contributed by atoms with Gasteiger partial charge in [-0.3, -0.25) is 9.59 Å². The van der Waals surface area contributed by atoms with Crippen LogP contribution < -0.4 is 15.4 Å². The van der Waals surface area contributed by atoms with Crippen LogP contribution in [0.1, 0.15) is 17.5 Å². The van der Waals surface area contributed by atoms with Gasteiger partial charge in [-0.25, -0.2) is 0 Å². The predicted molar refractivity (Wildman–Crippen MR) is 110 cm³/mol. The topological polar surface area (TPSA) is 80.6 Å². The van der Waals surface area contributed by atoms with Gasteiger partial charge in [0, 0.05) is 10.6 Å². The number of nitrogens with one attached hydrogen (secondary N) is 2. The fraction of sp³-hybridized carbons (Fsp3) is 0.143. The molecule has 0 radical (unpaired) electrons. The van der Waals surface area contributed by atoms with Crippen LogP contribution in [0.2, 0.25) is 0 Å². The van der Waals surface area contributed by atoms with Crippen molar-refractivity contribution in [1.29, 1.82) is 0 Å². The molecule has 7 heteroatoms. The summed E-state index contributed by atoms with van der Waals surface area (Å²) in [4.78, 5) is 25.2. The number of amides is 2. The number of ether oxygens (including phenoxy) is 1. The Bertz CT molecular complexity index is 941. The van der Waals surface area contributed by atoms with Crippen molar-refractivity contribution in [3.05, 3.63) is 72.7 Å². The minimum Gasteiger partial charge on any atom is -0.492 e. The highest BCUT2D eigenvalue weighted by Crippen LogP contribution is 2.25. The van der Waals surface area contributed by atoms with Crippen molar-refractivity contribution in [2.45, 2.75) is 11.8 Å². The third-order valence-electron chi connectivity index (χ3n) is 3.67. The monoisotopic (exact) mass is 396 g/mol. The molecular formula is C21H20N2O4S. The molecule has 0 saturated heterocycles. The van der Waals surface area contributed by atoms with Gasteiger partial charge in [0.25, 0.3) is 5.91 Å². The number of rotatable bonds is 8. The first kappa shape index (κ1) is 19.6. The molecule has 2 N–H and O–H groups in total. The molecule has 0 aliphatic carbocycles. The number of furan rings is 1. The predicted octanol–water partition coefficient (Wildman–Crippen LogP) is 4.66. The molecule has 0 saturated carbocycles. The van der Waals surface area contributed by atoms with E-state index in [1.165, 1.54) is 18.0 Å². The molecule has 0 bridgehead atoms. The number of benzene rings is 2. The molecule has 2 amide bonds. The molecule has 1 heterocycles. The fourth-order valence-corrected chi connectivity index (χ4v) is 3.21. The Labute approximate surface area is 167 Å². The summed E-state index contributed by atoms with van der Waals surface area (Å²) in [5, 5.41) is 5.63. The Morgan fingerprint density at radius 3 is 2.68 bits per heavy atom. The van der Waals surface area contributed by atoms with E-state index < -0.39 is 0 Å². The molecule has 0 unspecified atom stereocenters. The number of hydrogen-bond acceptors (Lipinski definition) is 5. The largest absolute Gasteiger partial charge is 0.492 e. The number of carbonyl (C=O) groups is 2. The van der Waals surface area contributed by atoms with Crippen molar-refractivity contribution in [3.63, 3.8) is 0 Å². The highest BCUT2D eigenvalue weighted by molar-refractivity contribution is 8.00. The van der Waals surface area contributed by atoms with Crippen LogP contribution in [0.15, 0.2) is 76.2 Å². The minimum atomic E-state index is -0.322. The summed E-state index contributed by atoms with van der Waals surface area (Å²) in [6.45, 7) is 2.42. The Morgan fingerprint density at radius 2 is 1.89 bits per heavy atom. The van der Waals surface area contributed by atoms with Crippen molar-refractivity contribution in [2.75, 3.05) is 23.0 Å². The van der Waals surface area contributed by atoms with Crippen LogP contribution in [0.4, 0.5) is 11.4 Å². The van der Waals surface area contributed by atoms with Gasteiger partial charge in [-0.1, -0.05) is 18.2 Å². The smallest absolute Gasteiger partial charge is 0.291 e. The van der Waals surface area contributed by atoms with E-state index in [9.17, 15) is 9.59 Å². The minimum absolute atomic E-state index is 0.137. The van der Waals surface area contributed by atoms with Gasteiger partial charge >= 0.3 is 0 Å². The zero-order chi connectivity index (χ0) is 19.8. The lowest BCUT2D eigenvalue weighted by molar-refractivity contribution is -0.113. The lowest BCUT2D eigenvalue weighted by atomic mass is 10.3. The van der Waals surface area contributed by atoms with Crippen LogP contribution >= 0.6 is 11.8 Å². The van der Waals surface area contributed by atoms with Gasteiger partial charge in [-0.15, -0.1) is 11.8 Å². The third kappa shape index (κ3) is 5.40. The van der Waals surface area contributed by atoms with Gasteiger partial charge in [-0.2, -0.15) is 0 Å². The molecule has 0 atom stereocenters. The Hall–Kier alpha value is -3.19. The summed E-state index contributed by atoms with van der Waals surface area (Å²) >= 11 is 1.38. The van der Waals surface area contributed by atoms with E-state index in [0.717, 1.165) is 4.90 Å². The number of hydrogen-bond donors (Lipinski definition) is 2. The maximum Gasteiger partial charge on any atom is 0.291 e. The summed E-state index contributed by atoms with van der Waals surface area (Å²) in [7, 11) is 0. The molecule has 28 heavy (non-hydrogen) atoms. The lowest BCUT2D eigenvalue weighted by Gasteiger charge is -2.11. The van der Waals surface area contributed by atoms with Crippen molar-refractivity contribution in [2.24, 2.45) is 0 Å². The fourth-order valence-electron chi connectivity index (χ4n) is 2.45. The number of thioether (sulfide) groups is 1. The van der Waals surface area contributed by atoms with Crippen molar-refractivity contribution < 1.29 is 18.7 Å². The molecule has 3 rings (SSSR count). The van der Waals surface area contributed by atoms with Crippen LogP contribution in [0, 0.1) is 0 Å². The number of carbonyl (C=O) groups excluding carboxylic acids is 2. The molecule has 0 aliphatic rings. The van der Waals surface area contributed by atoms with E-state index in [1.807, 2.05) is 43.3 Å². The number of anilines is 2. The summed E-state index contributed by atoms with van der Waals surface area (Å²) in [6.07, 6.45) is 1.45. The zero-order valence-corrected chi connectivity index (χ0v) is 16.1. The Balaban J connectivity index is 1.56. The first-order valence-corrected chi connectivity index (χ1v) is 9.73. The molecule has 0 aliphatic heterocycles. The van der Waals surface area contributed by atoms with Gasteiger partial charge in [-0.05, 0) is 49.4 Å². The first-order valence-electron chi connectivity index (χ1n) is 8.75. The highest BCUT2D eigenvalue weighted by Gasteiger charge is 2.10. The second kappa shape index (κ2) is 9.66. The summed E-state index contributed by atoms with van der Waals surface area (Å²) < 4.78 is 10.6. The summed E-state index contributed by atoms with van der Waals surface area (Å²) in [5.74, 6) is 0.659. The SMILES string of the molecule is CCOc1ccccc1NC(=O)CSc1cccc(NC(=O)c2ccco2)c1. The van der Waals surface area contributed by atoms with Gasteiger partial charge in [0.1, 0.15) is 5.75 Å². The molecule has 1 aromatic heterocycles. The summed E-state index contributed by atoms with van der Waals surface area (Å²) in [6, 6.07) is 17.9. The normalized spacial score (nSPS) is 10.3. The standard InChI is InChI=1S/C21H20N2O4S/c1-2-26-18-10-4-3-9-17(18)23-20(24)14-28-16-8-5-7-15(13-16)22-21(25)19-11-6-12-27-19/h3-13H,2,14H2,1H3,(H,22,25)(H,23,24). The third-order valence-corrected chi connectivity index (χ3v) is 4.66. The molecule has 144 valence electrons. The van der Waals surface area contributed by atoms with E-state index in [-0.39, 0.29) is 23.3 Å². The van der Waals surface area contributed by atoms with Gasteiger partial charge in [0.05, 0.1) is 24.3 Å². The van der Waals surface area contributed by atoms with Gasteiger partial charge < -0.3 is 19.8 Å². The van der Waals surface area contributed by atoms with Crippen LogP contribution in [-0.4, -0.2) is 24.2 Å². The van der Waals surface area contributed by atoms with Gasteiger partial charge in [0.15, 0.2) is 5.76 Å². The van der Waals surface area contributed by atoms with Gasteiger partial charge in [0.2, 0.25) is 5.91 Å². The molecule has 6 nitrogen and oxygen atoms in total. The van der Waals surface area contributed by atoms with Crippen LogP contribution in [0.5, 0.6) is 5.75 Å². The van der Waals surface area contributed by atoms with E-state index in [2.05, 4.69) is 10.6 Å². The van der Waals surface area contributed by atoms with E-state index in [4.69, 9.17) is 9.15 Å². The molecule has 0 spiro atoms. The zero-order valence-electron chi connectivity index (χ0n) is 15.3. The quantitative estimate of drug-likeness (QED) is 0.541. The maximum absolute atomic E-state index is 12.3. The average Bonchev–Trinajstić information content (AvgIpc) is 3.23. The lowest BCUT2D eigenvalue weighted by Crippen LogP contribution is -2.15. The maximum atomic E-state index is 12.3. The van der Waals surface area contributed by atoms with Crippen molar-refractivity contribution >= 4 is 35.0 Å². The second-order valence-corrected chi connectivity index (χ2v) is 6.77. The van der Waals surface area contributed by atoms with Crippen LogP contribution in [0.25, 0.3) is 0 Å².